The maximum absolute atomic E-state index is 12.7. The summed E-state index contributed by atoms with van der Waals surface area (Å²) in [5.41, 5.74) is 1.43. The van der Waals surface area contributed by atoms with Crippen LogP contribution in [0, 0.1) is 0 Å². The van der Waals surface area contributed by atoms with Crippen molar-refractivity contribution in [1.29, 1.82) is 0 Å². The number of amides is 2. The summed E-state index contributed by atoms with van der Waals surface area (Å²) in [4.78, 5) is 25.0. The summed E-state index contributed by atoms with van der Waals surface area (Å²) in [5.74, 6) is -0.299. The Balaban J connectivity index is 1.94. The summed E-state index contributed by atoms with van der Waals surface area (Å²) in [6, 6.07) is 5.39. The highest BCUT2D eigenvalue weighted by molar-refractivity contribution is 6.32. The van der Waals surface area contributed by atoms with E-state index in [-0.39, 0.29) is 25.1 Å². The predicted molar refractivity (Wildman–Crippen MR) is 103 cm³/mol. The molecule has 0 bridgehead atoms. The molecule has 27 heavy (non-hydrogen) atoms. The number of rotatable bonds is 6. The van der Waals surface area contributed by atoms with Gasteiger partial charge in [-0.15, -0.1) is 0 Å². The summed E-state index contributed by atoms with van der Waals surface area (Å²) >= 11 is 6.44. The molecule has 1 aliphatic carbocycles. The lowest BCUT2D eigenvalue weighted by molar-refractivity contribution is -0.137. The van der Waals surface area contributed by atoms with Crippen molar-refractivity contribution in [3.8, 4) is 5.75 Å². The molecule has 2 amide bonds. The van der Waals surface area contributed by atoms with Gasteiger partial charge < -0.3 is 20.1 Å². The van der Waals surface area contributed by atoms with Crippen LogP contribution in [0.25, 0.3) is 0 Å². The van der Waals surface area contributed by atoms with Gasteiger partial charge in [0.25, 0.3) is 0 Å². The molecular formula is C20H25ClN2O4. The van der Waals surface area contributed by atoms with Gasteiger partial charge in [-0.25, -0.2) is 4.79 Å². The monoisotopic (exact) mass is 392 g/mol. The third-order valence-corrected chi connectivity index (χ3v) is 5.34. The Kier molecular flexibility index (Phi) is 5.65. The highest BCUT2D eigenvalue weighted by atomic mass is 35.5. The van der Waals surface area contributed by atoms with Crippen LogP contribution in [0.4, 0.5) is 4.79 Å². The fourth-order valence-corrected chi connectivity index (χ4v) is 4.02. The van der Waals surface area contributed by atoms with Gasteiger partial charge in [-0.05, 0) is 56.4 Å². The van der Waals surface area contributed by atoms with E-state index >= 15 is 0 Å². The zero-order valence-electron chi connectivity index (χ0n) is 15.6. The molecule has 1 aromatic carbocycles. The van der Waals surface area contributed by atoms with Gasteiger partial charge in [-0.1, -0.05) is 24.1 Å². The van der Waals surface area contributed by atoms with Gasteiger partial charge in [0, 0.05) is 12.7 Å². The van der Waals surface area contributed by atoms with E-state index in [0.29, 0.717) is 10.8 Å². The number of carboxylic acids is 1. The first-order chi connectivity index (χ1) is 12.8. The molecule has 1 atom stereocenters. The third-order valence-electron chi connectivity index (χ3n) is 5.04. The van der Waals surface area contributed by atoms with E-state index in [2.05, 4.69) is 5.32 Å². The Hall–Kier alpha value is -2.21. The van der Waals surface area contributed by atoms with Crippen LogP contribution in [-0.4, -0.2) is 34.7 Å². The average molecular weight is 393 g/mol. The van der Waals surface area contributed by atoms with Gasteiger partial charge in [0.05, 0.1) is 23.1 Å². The second-order valence-corrected chi connectivity index (χ2v) is 7.75. The van der Waals surface area contributed by atoms with Gasteiger partial charge in [0.15, 0.2) is 0 Å². The average Bonchev–Trinajstić information content (AvgIpc) is 2.61. The number of hydrogen-bond donors (Lipinski definition) is 2. The Bertz CT molecular complexity index is 777. The second kappa shape index (κ2) is 7.80. The number of hydrogen-bond acceptors (Lipinski definition) is 3. The van der Waals surface area contributed by atoms with Crippen LogP contribution in [0.15, 0.2) is 30.0 Å². The number of ether oxygens (including phenoxy) is 1. The highest BCUT2D eigenvalue weighted by Crippen LogP contribution is 2.45. The quantitative estimate of drug-likeness (QED) is 0.757. The molecule has 2 aliphatic rings. The SMILES string of the molecule is CC(C)Oc1ccc(C23CCCCC2=CN(CCC(=O)O)C(=O)N3)cc1Cl. The standard InChI is InChI=1S/C20H25ClN2O4/c1-13(2)27-17-7-6-14(11-16(17)21)20-9-4-3-5-15(20)12-23(19(26)22-20)10-8-18(24)25/h6-7,11-13H,3-5,8-10H2,1-2H3,(H,22,26)(H,24,25). The van der Waals surface area contributed by atoms with Crippen molar-refractivity contribution in [2.45, 2.75) is 57.6 Å². The lowest BCUT2D eigenvalue weighted by Gasteiger charge is -2.45. The summed E-state index contributed by atoms with van der Waals surface area (Å²) in [6.07, 6.45) is 5.44. The lowest BCUT2D eigenvalue weighted by Crippen LogP contribution is -2.56. The fourth-order valence-electron chi connectivity index (χ4n) is 3.80. The van der Waals surface area contributed by atoms with Crippen molar-refractivity contribution < 1.29 is 19.4 Å². The number of fused-ring (bicyclic) bond motifs is 1. The highest BCUT2D eigenvalue weighted by Gasteiger charge is 2.43. The topological polar surface area (TPSA) is 78.9 Å². The molecule has 6 nitrogen and oxygen atoms in total. The van der Waals surface area contributed by atoms with Crippen LogP contribution >= 0.6 is 11.6 Å². The molecule has 7 heteroatoms. The molecule has 3 rings (SSSR count). The van der Waals surface area contributed by atoms with Crippen LogP contribution in [0.5, 0.6) is 5.75 Å². The summed E-state index contributed by atoms with van der Waals surface area (Å²) in [5, 5.41) is 12.6. The summed E-state index contributed by atoms with van der Waals surface area (Å²) in [7, 11) is 0. The molecule has 0 saturated heterocycles. The zero-order valence-corrected chi connectivity index (χ0v) is 16.4. The van der Waals surface area contributed by atoms with Crippen molar-refractivity contribution >= 4 is 23.6 Å². The van der Waals surface area contributed by atoms with Crippen molar-refractivity contribution in [3.05, 3.63) is 40.6 Å². The second-order valence-electron chi connectivity index (χ2n) is 7.35. The molecule has 1 heterocycles. The minimum Gasteiger partial charge on any atom is -0.489 e. The van der Waals surface area contributed by atoms with Crippen molar-refractivity contribution in [2.24, 2.45) is 0 Å². The van der Waals surface area contributed by atoms with Crippen molar-refractivity contribution in [1.82, 2.24) is 10.2 Å². The number of halogens is 1. The lowest BCUT2D eigenvalue weighted by atomic mass is 9.72. The Morgan fingerprint density at radius 2 is 2.19 bits per heavy atom. The third kappa shape index (κ3) is 4.05. The summed E-state index contributed by atoms with van der Waals surface area (Å²) in [6.45, 7) is 4.04. The number of carboxylic acid groups (broad SMARTS) is 1. The van der Waals surface area contributed by atoms with E-state index in [0.717, 1.165) is 36.8 Å². The Morgan fingerprint density at radius 1 is 1.41 bits per heavy atom. The number of nitrogens with one attached hydrogen (secondary N) is 1. The first kappa shape index (κ1) is 19.5. The maximum atomic E-state index is 12.7. The number of carbonyl (C=O) groups excluding carboxylic acids is 1. The molecule has 1 saturated carbocycles. The smallest absolute Gasteiger partial charge is 0.322 e. The van der Waals surface area contributed by atoms with Gasteiger partial charge in [0.2, 0.25) is 0 Å². The number of nitrogens with zero attached hydrogens (tertiary/aromatic N) is 1. The van der Waals surface area contributed by atoms with Crippen LogP contribution < -0.4 is 10.1 Å². The normalized spacial score (nSPS) is 22.1. The summed E-state index contributed by atoms with van der Waals surface area (Å²) < 4.78 is 5.72. The molecule has 1 aromatic rings. The van der Waals surface area contributed by atoms with Crippen LogP contribution in [-0.2, 0) is 10.3 Å². The van der Waals surface area contributed by atoms with Gasteiger partial charge in [-0.2, -0.15) is 0 Å². The van der Waals surface area contributed by atoms with Crippen molar-refractivity contribution in [3.63, 3.8) is 0 Å². The Labute approximate surface area is 164 Å². The minimum absolute atomic E-state index is 0.0221. The van der Waals surface area contributed by atoms with E-state index in [1.807, 2.05) is 38.2 Å². The predicted octanol–water partition coefficient (Wildman–Crippen LogP) is 4.28. The van der Waals surface area contributed by atoms with Crippen molar-refractivity contribution in [2.75, 3.05) is 6.54 Å². The fraction of sp³-hybridized carbons (Fsp3) is 0.500. The van der Waals surface area contributed by atoms with E-state index in [9.17, 15) is 9.59 Å². The molecule has 1 fully saturated rings. The zero-order chi connectivity index (χ0) is 19.6. The molecule has 146 valence electrons. The molecule has 0 aromatic heterocycles. The van der Waals surface area contributed by atoms with Gasteiger partial charge in [0.1, 0.15) is 5.75 Å². The molecule has 0 spiro atoms. The van der Waals surface area contributed by atoms with E-state index in [4.69, 9.17) is 21.4 Å². The number of aliphatic carboxylic acids is 1. The van der Waals surface area contributed by atoms with Crippen LogP contribution in [0.2, 0.25) is 5.02 Å². The number of urea groups is 1. The molecule has 2 N–H and O–H groups in total. The van der Waals surface area contributed by atoms with Crippen LogP contribution in [0.3, 0.4) is 0 Å². The molecule has 0 radical (unpaired) electrons. The first-order valence-corrected chi connectivity index (χ1v) is 9.68. The largest absolute Gasteiger partial charge is 0.489 e. The van der Waals surface area contributed by atoms with E-state index in [1.54, 1.807) is 0 Å². The number of benzene rings is 1. The van der Waals surface area contributed by atoms with Crippen LogP contribution in [0.1, 0.15) is 51.5 Å². The number of carbonyl (C=O) groups is 2. The Morgan fingerprint density at radius 3 is 2.85 bits per heavy atom. The molecule has 1 unspecified atom stereocenters. The maximum Gasteiger partial charge on any atom is 0.322 e. The first-order valence-electron chi connectivity index (χ1n) is 9.30. The van der Waals surface area contributed by atoms with E-state index in [1.165, 1.54) is 4.90 Å². The molecule has 1 aliphatic heterocycles. The van der Waals surface area contributed by atoms with E-state index < -0.39 is 11.5 Å². The minimum atomic E-state index is -0.922. The molecular weight excluding hydrogens is 368 g/mol. The van der Waals surface area contributed by atoms with Gasteiger partial charge >= 0.3 is 12.0 Å². The van der Waals surface area contributed by atoms with Gasteiger partial charge in [-0.3, -0.25) is 4.79 Å².